The number of fused-ring (bicyclic) bond motifs is 2. The lowest BCUT2D eigenvalue weighted by molar-refractivity contribution is -0.660. The van der Waals surface area contributed by atoms with Gasteiger partial charge in [0.2, 0.25) is 5.69 Å². The summed E-state index contributed by atoms with van der Waals surface area (Å²) < 4.78 is 4.21. The van der Waals surface area contributed by atoms with Crippen LogP contribution in [0.1, 0.15) is 5.56 Å². The van der Waals surface area contributed by atoms with E-state index in [4.69, 9.17) is 4.98 Å². The zero-order valence-corrected chi connectivity index (χ0v) is 12.1. The number of aromatic nitrogens is 3. The second-order valence-corrected chi connectivity index (χ2v) is 5.41. The number of benzene rings is 1. The Morgan fingerprint density at radius 3 is 2.81 bits per heavy atom. The molecule has 3 heterocycles. The summed E-state index contributed by atoms with van der Waals surface area (Å²) in [5, 5.41) is 1.16. The minimum Gasteiger partial charge on any atom is -0.308 e. The first kappa shape index (κ1) is 12.1. The summed E-state index contributed by atoms with van der Waals surface area (Å²) in [7, 11) is 2.07. The van der Waals surface area contributed by atoms with Crippen molar-refractivity contribution in [1.82, 2.24) is 9.38 Å². The highest BCUT2D eigenvalue weighted by Crippen LogP contribution is 2.29. The van der Waals surface area contributed by atoms with Crippen molar-refractivity contribution in [3.05, 3.63) is 66.6 Å². The lowest BCUT2D eigenvalue weighted by Crippen LogP contribution is -2.30. The predicted molar refractivity (Wildman–Crippen MR) is 84.0 cm³/mol. The minimum atomic E-state index is 0.980. The average Bonchev–Trinajstić information content (AvgIpc) is 2.94. The zero-order chi connectivity index (χ0) is 14.4. The van der Waals surface area contributed by atoms with E-state index >= 15 is 0 Å². The normalized spacial score (nSPS) is 11.3. The Bertz CT molecular complexity index is 967. The van der Waals surface area contributed by atoms with Crippen molar-refractivity contribution in [2.75, 3.05) is 0 Å². The summed E-state index contributed by atoms with van der Waals surface area (Å²) in [5.74, 6) is 0. The van der Waals surface area contributed by atoms with Crippen LogP contribution < -0.4 is 4.57 Å². The summed E-state index contributed by atoms with van der Waals surface area (Å²) in [4.78, 5) is 4.87. The monoisotopic (exact) mass is 274 g/mol. The number of pyridine rings is 1. The third-order valence-corrected chi connectivity index (χ3v) is 3.99. The molecule has 0 spiro atoms. The van der Waals surface area contributed by atoms with Gasteiger partial charge in [0.1, 0.15) is 12.7 Å². The van der Waals surface area contributed by atoms with Gasteiger partial charge >= 0.3 is 0 Å². The van der Waals surface area contributed by atoms with Crippen LogP contribution in [-0.4, -0.2) is 9.38 Å². The van der Waals surface area contributed by atoms with Gasteiger partial charge < -0.3 is 4.40 Å². The van der Waals surface area contributed by atoms with Crippen molar-refractivity contribution < 1.29 is 4.57 Å². The average molecular weight is 274 g/mol. The van der Waals surface area contributed by atoms with Crippen LogP contribution in [0.25, 0.3) is 27.8 Å². The molecule has 0 aliphatic carbocycles. The Morgan fingerprint density at radius 2 is 1.95 bits per heavy atom. The molecule has 3 aromatic heterocycles. The lowest BCUT2D eigenvalue weighted by Gasteiger charge is -2.09. The van der Waals surface area contributed by atoms with Crippen molar-refractivity contribution in [3.8, 4) is 11.3 Å². The molecule has 3 nitrogen and oxygen atoms in total. The number of hydrogen-bond donors (Lipinski definition) is 0. The second-order valence-electron chi connectivity index (χ2n) is 5.41. The van der Waals surface area contributed by atoms with Crippen LogP contribution in [0, 0.1) is 6.92 Å². The van der Waals surface area contributed by atoms with Gasteiger partial charge in [-0.25, -0.2) is 9.55 Å². The van der Waals surface area contributed by atoms with Crippen LogP contribution in [0.15, 0.2) is 61.1 Å². The molecule has 0 bridgehead atoms. The second kappa shape index (κ2) is 4.42. The molecule has 0 N–H and O–H groups in total. The van der Waals surface area contributed by atoms with Gasteiger partial charge in [-0.05, 0) is 30.7 Å². The van der Waals surface area contributed by atoms with Gasteiger partial charge in [-0.3, -0.25) is 0 Å². The van der Waals surface area contributed by atoms with Crippen molar-refractivity contribution in [3.63, 3.8) is 0 Å². The number of rotatable bonds is 1. The Balaban J connectivity index is 2.16. The Labute approximate surface area is 123 Å². The van der Waals surface area contributed by atoms with Gasteiger partial charge in [0, 0.05) is 29.9 Å². The van der Waals surface area contributed by atoms with Crippen molar-refractivity contribution in [2.45, 2.75) is 6.92 Å². The SMILES string of the molecule is Cc1ccc2cn3cccc3nc2c1-c1cccc[n+]1C. The molecule has 21 heavy (non-hydrogen) atoms. The standard InChI is InChI=1S/C18H16N3/c1-13-8-9-14-12-21-11-5-7-16(21)19-18(14)17(13)15-6-3-4-10-20(15)2/h3-12H,1-2H3/q+1. The molecule has 0 aliphatic heterocycles. The molecule has 0 saturated carbocycles. The Kier molecular flexibility index (Phi) is 2.54. The molecule has 1 aromatic carbocycles. The maximum atomic E-state index is 4.87. The third-order valence-electron chi connectivity index (χ3n) is 3.99. The van der Waals surface area contributed by atoms with E-state index in [9.17, 15) is 0 Å². The van der Waals surface area contributed by atoms with E-state index in [-0.39, 0.29) is 0 Å². The molecule has 3 heteroatoms. The van der Waals surface area contributed by atoms with Crippen LogP contribution >= 0.6 is 0 Å². The van der Waals surface area contributed by atoms with E-state index in [1.165, 1.54) is 16.8 Å². The number of hydrogen-bond acceptors (Lipinski definition) is 1. The Morgan fingerprint density at radius 1 is 1.05 bits per heavy atom. The minimum absolute atomic E-state index is 0.980. The van der Waals surface area contributed by atoms with Gasteiger partial charge in [-0.2, -0.15) is 0 Å². The van der Waals surface area contributed by atoms with Crippen LogP contribution in [0.3, 0.4) is 0 Å². The predicted octanol–water partition coefficient (Wildman–Crippen LogP) is 3.29. The topological polar surface area (TPSA) is 21.2 Å². The molecule has 4 aromatic rings. The number of nitrogens with zero attached hydrogens (tertiary/aromatic N) is 3. The van der Waals surface area contributed by atoms with Crippen molar-refractivity contribution >= 4 is 16.6 Å². The van der Waals surface area contributed by atoms with E-state index in [0.29, 0.717) is 0 Å². The molecule has 102 valence electrons. The molecular weight excluding hydrogens is 258 g/mol. The van der Waals surface area contributed by atoms with Gasteiger partial charge in [0.05, 0.1) is 11.1 Å². The molecule has 0 radical (unpaired) electrons. The van der Waals surface area contributed by atoms with Crippen LogP contribution in [-0.2, 0) is 7.05 Å². The van der Waals surface area contributed by atoms with Crippen molar-refractivity contribution in [1.29, 1.82) is 0 Å². The summed E-state index contributed by atoms with van der Waals surface area (Å²) >= 11 is 0. The first-order valence-corrected chi connectivity index (χ1v) is 7.06. The summed E-state index contributed by atoms with van der Waals surface area (Å²) in [6.45, 7) is 2.14. The quantitative estimate of drug-likeness (QED) is 0.488. The molecule has 0 fully saturated rings. The zero-order valence-electron chi connectivity index (χ0n) is 12.1. The molecule has 0 saturated heterocycles. The van der Waals surface area contributed by atoms with Crippen LogP contribution in [0.4, 0.5) is 0 Å². The summed E-state index contributed by atoms with van der Waals surface area (Å²) in [5.41, 5.74) is 5.67. The lowest BCUT2D eigenvalue weighted by atomic mass is 10.0. The van der Waals surface area contributed by atoms with Gasteiger partial charge in [-0.1, -0.05) is 12.1 Å². The van der Waals surface area contributed by atoms with E-state index in [0.717, 1.165) is 16.6 Å². The highest BCUT2D eigenvalue weighted by molar-refractivity contribution is 5.94. The fourth-order valence-corrected chi connectivity index (χ4v) is 2.89. The maximum absolute atomic E-state index is 4.87. The highest BCUT2D eigenvalue weighted by atomic mass is 15.0. The molecule has 0 amide bonds. The fraction of sp³-hybridized carbons (Fsp3) is 0.111. The first-order chi connectivity index (χ1) is 10.2. The van der Waals surface area contributed by atoms with Gasteiger partial charge in [0.15, 0.2) is 6.20 Å². The maximum Gasteiger partial charge on any atom is 0.214 e. The summed E-state index contributed by atoms with van der Waals surface area (Å²) in [6, 6.07) is 14.6. The fourth-order valence-electron chi connectivity index (χ4n) is 2.89. The van der Waals surface area contributed by atoms with Gasteiger partial charge in [0.25, 0.3) is 0 Å². The van der Waals surface area contributed by atoms with Crippen LogP contribution in [0.5, 0.6) is 0 Å². The van der Waals surface area contributed by atoms with Crippen LogP contribution in [0.2, 0.25) is 0 Å². The third kappa shape index (κ3) is 1.82. The van der Waals surface area contributed by atoms with E-state index < -0.39 is 0 Å². The summed E-state index contributed by atoms with van der Waals surface area (Å²) in [6.07, 6.45) is 6.25. The van der Waals surface area contributed by atoms with Gasteiger partial charge in [-0.15, -0.1) is 0 Å². The number of aryl methyl sites for hydroxylation is 2. The van der Waals surface area contributed by atoms with E-state index in [1.54, 1.807) is 0 Å². The van der Waals surface area contributed by atoms with E-state index in [1.807, 2.05) is 24.4 Å². The highest BCUT2D eigenvalue weighted by Gasteiger charge is 2.16. The first-order valence-electron chi connectivity index (χ1n) is 7.06. The Hall–Kier alpha value is -2.68. The largest absolute Gasteiger partial charge is 0.308 e. The molecule has 4 rings (SSSR count). The van der Waals surface area contributed by atoms with E-state index in [2.05, 4.69) is 59.6 Å². The molecular formula is C18H16N3+. The smallest absolute Gasteiger partial charge is 0.214 e. The molecule has 0 unspecified atom stereocenters. The molecule has 0 aliphatic rings. The van der Waals surface area contributed by atoms with Crippen molar-refractivity contribution in [2.24, 2.45) is 7.05 Å². The molecule has 0 atom stereocenters.